The number of nitrogens with two attached hydrogens (primary N) is 1. The smallest absolute Gasteiger partial charge is 0.0888 e. The van der Waals surface area contributed by atoms with Crippen LogP contribution in [0.2, 0.25) is 0 Å². The summed E-state index contributed by atoms with van der Waals surface area (Å²) in [5, 5.41) is 14.4. The molecule has 0 aliphatic heterocycles. The lowest BCUT2D eigenvalue weighted by Gasteiger charge is -2.44. The molecule has 0 radical (unpaired) electrons. The van der Waals surface area contributed by atoms with Crippen LogP contribution in [0.5, 0.6) is 0 Å². The number of aliphatic hydroxyl groups is 1. The Morgan fingerprint density at radius 3 is 2.80 bits per heavy atom. The highest BCUT2D eigenvalue weighted by molar-refractivity contribution is 5.14. The van der Waals surface area contributed by atoms with Crippen LogP contribution in [0.25, 0.3) is 0 Å². The largest absolute Gasteiger partial charge is 0.388 e. The maximum absolute atomic E-state index is 10.3. The van der Waals surface area contributed by atoms with Crippen molar-refractivity contribution in [2.45, 2.75) is 38.8 Å². The van der Waals surface area contributed by atoms with Crippen molar-refractivity contribution < 1.29 is 5.11 Å². The number of aryl methyl sites for hydroxylation is 1. The molecule has 1 aromatic rings. The van der Waals surface area contributed by atoms with Crippen LogP contribution in [0.3, 0.4) is 0 Å². The molecule has 0 spiro atoms. The van der Waals surface area contributed by atoms with Crippen LogP contribution in [0.15, 0.2) is 12.4 Å². The zero-order valence-corrected chi connectivity index (χ0v) is 9.19. The molecule has 1 fully saturated rings. The second kappa shape index (κ2) is 3.94. The summed E-state index contributed by atoms with van der Waals surface area (Å²) in [4.78, 5) is 0. The number of hydrogen-bond donors (Lipinski definition) is 2. The molecule has 1 saturated carbocycles. The fourth-order valence-electron chi connectivity index (χ4n) is 2.27. The van der Waals surface area contributed by atoms with E-state index in [9.17, 15) is 5.11 Å². The summed E-state index contributed by atoms with van der Waals surface area (Å²) in [5.74, 6) is 0. The van der Waals surface area contributed by atoms with E-state index in [0.717, 1.165) is 24.9 Å². The van der Waals surface area contributed by atoms with Crippen molar-refractivity contribution in [2.75, 3.05) is 6.54 Å². The van der Waals surface area contributed by atoms with Gasteiger partial charge in [0.05, 0.1) is 12.3 Å². The highest BCUT2D eigenvalue weighted by atomic mass is 16.3. The van der Waals surface area contributed by atoms with Crippen molar-refractivity contribution in [3.63, 3.8) is 0 Å². The fourth-order valence-corrected chi connectivity index (χ4v) is 2.27. The first-order chi connectivity index (χ1) is 7.22. The number of rotatable bonds is 4. The van der Waals surface area contributed by atoms with Crippen LogP contribution < -0.4 is 5.73 Å². The Bertz CT molecular complexity index is 325. The van der Waals surface area contributed by atoms with Gasteiger partial charge in [0.15, 0.2) is 0 Å². The second-order valence-electron chi connectivity index (χ2n) is 4.45. The molecule has 3 N–H and O–H groups in total. The molecule has 1 aliphatic rings. The van der Waals surface area contributed by atoms with Gasteiger partial charge in [0, 0.05) is 30.3 Å². The van der Waals surface area contributed by atoms with E-state index in [0.29, 0.717) is 6.54 Å². The van der Waals surface area contributed by atoms with Gasteiger partial charge in [-0.15, -0.1) is 0 Å². The summed E-state index contributed by atoms with van der Waals surface area (Å²) < 4.78 is 1.83. The van der Waals surface area contributed by atoms with Gasteiger partial charge in [0.25, 0.3) is 0 Å². The monoisotopic (exact) mass is 209 g/mol. The van der Waals surface area contributed by atoms with Crippen molar-refractivity contribution in [2.24, 2.45) is 11.1 Å². The maximum Gasteiger partial charge on any atom is 0.0888 e. The average Bonchev–Trinajstić information content (AvgIpc) is 2.64. The first kappa shape index (κ1) is 10.6. The molecule has 0 aromatic carbocycles. The minimum atomic E-state index is -0.448. The lowest BCUT2D eigenvalue weighted by Crippen LogP contribution is -2.42. The zero-order valence-electron chi connectivity index (χ0n) is 9.19. The van der Waals surface area contributed by atoms with Crippen molar-refractivity contribution in [1.82, 2.24) is 9.78 Å². The Kier molecular flexibility index (Phi) is 2.80. The Balaban J connectivity index is 2.15. The topological polar surface area (TPSA) is 64.1 Å². The van der Waals surface area contributed by atoms with E-state index in [4.69, 9.17) is 5.73 Å². The Morgan fingerprint density at radius 2 is 2.40 bits per heavy atom. The molecule has 4 nitrogen and oxygen atoms in total. The van der Waals surface area contributed by atoms with E-state index in [1.807, 2.05) is 17.8 Å². The third-order valence-electron chi connectivity index (χ3n) is 3.63. The molecule has 0 bridgehead atoms. The maximum atomic E-state index is 10.3. The van der Waals surface area contributed by atoms with E-state index in [1.54, 1.807) is 6.20 Å². The highest BCUT2D eigenvalue weighted by Crippen LogP contribution is 2.49. The van der Waals surface area contributed by atoms with Crippen molar-refractivity contribution in [1.29, 1.82) is 0 Å². The molecule has 0 saturated heterocycles. The predicted octanol–water partition coefficient (Wildman–Crippen LogP) is 1.07. The standard InChI is InChI=1S/C11H19N3O/c1-2-14-7-9(6-13-14)10(15)11(8-12)4-3-5-11/h6-7,10,15H,2-5,8,12H2,1H3. The van der Waals surface area contributed by atoms with Gasteiger partial charge in [-0.25, -0.2) is 0 Å². The second-order valence-corrected chi connectivity index (χ2v) is 4.45. The summed E-state index contributed by atoms with van der Waals surface area (Å²) in [5.41, 5.74) is 6.58. The van der Waals surface area contributed by atoms with Crippen LogP contribution in [0.1, 0.15) is 37.9 Å². The predicted molar refractivity (Wildman–Crippen MR) is 58.2 cm³/mol. The third kappa shape index (κ3) is 1.68. The number of hydrogen-bond acceptors (Lipinski definition) is 3. The summed E-state index contributed by atoms with van der Waals surface area (Å²) in [6, 6.07) is 0. The molecule has 0 amide bonds. The first-order valence-corrected chi connectivity index (χ1v) is 5.62. The summed E-state index contributed by atoms with van der Waals surface area (Å²) in [6.45, 7) is 3.43. The van der Waals surface area contributed by atoms with Crippen LogP contribution in [-0.2, 0) is 6.54 Å². The van der Waals surface area contributed by atoms with Crippen LogP contribution in [0, 0.1) is 5.41 Å². The summed E-state index contributed by atoms with van der Waals surface area (Å²) in [7, 11) is 0. The van der Waals surface area contributed by atoms with E-state index >= 15 is 0 Å². The zero-order chi connectivity index (χ0) is 10.9. The van der Waals surface area contributed by atoms with Gasteiger partial charge in [-0.05, 0) is 19.8 Å². The SMILES string of the molecule is CCn1cc(C(O)C2(CN)CCC2)cn1. The van der Waals surface area contributed by atoms with E-state index in [-0.39, 0.29) is 5.41 Å². The minimum absolute atomic E-state index is 0.0817. The molecule has 2 rings (SSSR count). The van der Waals surface area contributed by atoms with E-state index < -0.39 is 6.10 Å². The van der Waals surface area contributed by atoms with Gasteiger partial charge in [-0.2, -0.15) is 5.10 Å². The number of aliphatic hydroxyl groups excluding tert-OH is 1. The molecule has 4 heteroatoms. The first-order valence-electron chi connectivity index (χ1n) is 5.62. The van der Waals surface area contributed by atoms with Crippen LogP contribution >= 0.6 is 0 Å². The summed E-state index contributed by atoms with van der Waals surface area (Å²) in [6.07, 6.45) is 6.46. The van der Waals surface area contributed by atoms with Gasteiger partial charge < -0.3 is 10.8 Å². The molecular formula is C11H19N3O. The van der Waals surface area contributed by atoms with Crippen molar-refractivity contribution in [3.05, 3.63) is 18.0 Å². The van der Waals surface area contributed by atoms with Gasteiger partial charge >= 0.3 is 0 Å². The molecule has 84 valence electrons. The van der Waals surface area contributed by atoms with E-state index in [1.165, 1.54) is 6.42 Å². The van der Waals surface area contributed by atoms with Gasteiger partial charge in [-0.3, -0.25) is 4.68 Å². The van der Waals surface area contributed by atoms with Gasteiger partial charge in [0.1, 0.15) is 0 Å². The minimum Gasteiger partial charge on any atom is -0.388 e. The fraction of sp³-hybridized carbons (Fsp3) is 0.727. The normalized spacial score (nSPS) is 21.0. The highest BCUT2D eigenvalue weighted by Gasteiger charge is 2.43. The van der Waals surface area contributed by atoms with Crippen molar-refractivity contribution in [3.8, 4) is 0 Å². The Morgan fingerprint density at radius 1 is 1.67 bits per heavy atom. The molecule has 1 aliphatic carbocycles. The molecule has 1 unspecified atom stereocenters. The molecule has 15 heavy (non-hydrogen) atoms. The molecule has 1 heterocycles. The molecular weight excluding hydrogens is 190 g/mol. The lowest BCUT2D eigenvalue weighted by atomic mass is 9.64. The number of aromatic nitrogens is 2. The van der Waals surface area contributed by atoms with Gasteiger partial charge in [0.2, 0.25) is 0 Å². The lowest BCUT2D eigenvalue weighted by molar-refractivity contribution is -0.0297. The Labute approximate surface area is 90.1 Å². The van der Waals surface area contributed by atoms with Crippen LogP contribution in [-0.4, -0.2) is 21.4 Å². The molecule has 1 atom stereocenters. The Hall–Kier alpha value is -0.870. The van der Waals surface area contributed by atoms with E-state index in [2.05, 4.69) is 5.10 Å². The van der Waals surface area contributed by atoms with Gasteiger partial charge in [-0.1, -0.05) is 6.42 Å². The summed E-state index contributed by atoms with van der Waals surface area (Å²) >= 11 is 0. The third-order valence-corrected chi connectivity index (χ3v) is 3.63. The number of nitrogens with zero attached hydrogens (tertiary/aromatic N) is 2. The van der Waals surface area contributed by atoms with Crippen LogP contribution in [0.4, 0.5) is 0 Å². The average molecular weight is 209 g/mol. The van der Waals surface area contributed by atoms with Crippen molar-refractivity contribution >= 4 is 0 Å². The quantitative estimate of drug-likeness (QED) is 0.779. The molecule has 1 aromatic heterocycles.